The molecule has 0 fully saturated rings. The van der Waals surface area contributed by atoms with Crippen LogP contribution in [0.5, 0.6) is 0 Å². The van der Waals surface area contributed by atoms with E-state index in [2.05, 4.69) is 219 Å². The van der Waals surface area contributed by atoms with Crippen molar-refractivity contribution in [2.75, 3.05) is 4.90 Å². The summed E-state index contributed by atoms with van der Waals surface area (Å²) in [5.41, 5.74) is 15.7. The van der Waals surface area contributed by atoms with Crippen LogP contribution in [0.25, 0.3) is 75.5 Å². The molecule has 0 amide bonds. The zero-order valence-corrected chi connectivity index (χ0v) is 32.2. The highest BCUT2D eigenvalue weighted by molar-refractivity contribution is 7.26. The van der Waals surface area contributed by atoms with Crippen molar-refractivity contribution in [3.8, 4) is 44.5 Å². The number of aryl methyl sites for hydroxylation is 1. The fourth-order valence-corrected chi connectivity index (χ4v) is 9.75. The van der Waals surface area contributed by atoms with Gasteiger partial charge in [0.1, 0.15) is 0 Å². The van der Waals surface area contributed by atoms with Crippen molar-refractivity contribution in [2.24, 2.45) is 0 Å². The van der Waals surface area contributed by atoms with Crippen LogP contribution in [0.4, 0.5) is 17.1 Å². The Labute approximate surface area is 332 Å². The maximum atomic E-state index is 2.48. The number of para-hydroxylation sites is 2. The third-order valence-corrected chi connectivity index (χ3v) is 12.5. The molecule has 0 aliphatic rings. The van der Waals surface area contributed by atoms with Gasteiger partial charge in [-0.3, -0.25) is 0 Å². The highest BCUT2D eigenvalue weighted by Crippen LogP contribution is 2.49. The van der Waals surface area contributed by atoms with E-state index < -0.39 is 0 Å². The summed E-state index contributed by atoms with van der Waals surface area (Å²) in [4.78, 5) is 2.48. The molecule has 0 saturated carbocycles. The quantitative estimate of drug-likeness (QED) is 0.158. The molecule has 0 aliphatic heterocycles. The van der Waals surface area contributed by atoms with Gasteiger partial charge in [-0.15, -0.1) is 11.3 Å². The van der Waals surface area contributed by atoms with Crippen LogP contribution in [-0.2, 0) is 0 Å². The van der Waals surface area contributed by atoms with Crippen LogP contribution in [0, 0.1) is 13.8 Å². The van der Waals surface area contributed by atoms with Gasteiger partial charge < -0.3 is 4.90 Å². The van der Waals surface area contributed by atoms with Gasteiger partial charge in [0.05, 0.1) is 11.4 Å². The van der Waals surface area contributed by atoms with Crippen LogP contribution in [0.15, 0.2) is 200 Å². The van der Waals surface area contributed by atoms with Crippen molar-refractivity contribution in [1.29, 1.82) is 0 Å². The lowest BCUT2D eigenvalue weighted by Crippen LogP contribution is -2.12. The Morgan fingerprint density at radius 2 is 0.857 bits per heavy atom. The number of hydrogen-bond acceptors (Lipinski definition) is 2. The van der Waals surface area contributed by atoms with Crippen LogP contribution < -0.4 is 4.90 Å². The van der Waals surface area contributed by atoms with Crippen LogP contribution in [0.2, 0.25) is 0 Å². The van der Waals surface area contributed by atoms with Gasteiger partial charge in [-0.05, 0) is 93.9 Å². The molecule has 1 heterocycles. The maximum Gasteiger partial charge on any atom is 0.0540 e. The summed E-state index contributed by atoms with van der Waals surface area (Å²) in [5.74, 6) is 0. The molecule has 10 aromatic rings. The van der Waals surface area contributed by atoms with E-state index in [1.165, 1.54) is 86.6 Å². The van der Waals surface area contributed by atoms with Gasteiger partial charge in [0.2, 0.25) is 0 Å². The number of benzene rings is 9. The molecule has 0 saturated heterocycles. The SMILES string of the molecule is Cc1ccccc1-c1cccc(-c2ccccc2N(c2ccc(-c3cccc4ccccc34)cc2)c2ccccc2-c2cccc3c2sc2ccccc23)c1C. The molecule has 0 atom stereocenters. The van der Waals surface area contributed by atoms with Crippen LogP contribution in [0.1, 0.15) is 11.1 Å². The van der Waals surface area contributed by atoms with Gasteiger partial charge in [-0.1, -0.05) is 170 Å². The molecule has 1 nitrogen and oxygen atoms in total. The first kappa shape index (κ1) is 33.8. The van der Waals surface area contributed by atoms with Gasteiger partial charge in [-0.25, -0.2) is 0 Å². The van der Waals surface area contributed by atoms with E-state index in [0.717, 1.165) is 17.1 Å². The lowest BCUT2D eigenvalue weighted by molar-refractivity contribution is 1.28. The lowest BCUT2D eigenvalue weighted by Gasteiger charge is -2.30. The van der Waals surface area contributed by atoms with Gasteiger partial charge in [-0.2, -0.15) is 0 Å². The molecule has 0 radical (unpaired) electrons. The first-order valence-electron chi connectivity index (χ1n) is 19.3. The fraction of sp³-hybridized carbons (Fsp3) is 0.0370. The minimum Gasteiger partial charge on any atom is -0.309 e. The second-order valence-electron chi connectivity index (χ2n) is 14.5. The van der Waals surface area contributed by atoms with Gasteiger partial charge in [0.25, 0.3) is 0 Å². The smallest absolute Gasteiger partial charge is 0.0540 e. The second kappa shape index (κ2) is 14.2. The minimum absolute atomic E-state index is 1.10. The van der Waals surface area contributed by atoms with Gasteiger partial charge in [0.15, 0.2) is 0 Å². The van der Waals surface area contributed by atoms with Crippen molar-refractivity contribution in [3.63, 3.8) is 0 Å². The second-order valence-corrected chi connectivity index (χ2v) is 15.6. The molecule has 10 rings (SSSR count). The Balaban J connectivity index is 1.20. The summed E-state index contributed by atoms with van der Waals surface area (Å²) in [6.45, 7) is 4.47. The first-order valence-corrected chi connectivity index (χ1v) is 20.1. The van der Waals surface area contributed by atoms with Crippen molar-refractivity contribution in [1.82, 2.24) is 0 Å². The molecule has 56 heavy (non-hydrogen) atoms. The number of rotatable bonds is 7. The van der Waals surface area contributed by atoms with E-state index in [9.17, 15) is 0 Å². The number of nitrogens with zero attached hydrogens (tertiary/aromatic N) is 1. The number of anilines is 3. The molecule has 0 aliphatic carbocycles. The Morgan fingerprint density at radius 1 is 0.357 bits per heavy atom. The molecule has 0 N–H and O–H groups in total. The summed E-state index contributed by atoms with van der Waals surface area (Å²) in [7, 11) is 0. The molecule has 0 spiro atoms. The fourth-order valence-electron chi connectivity index (χ4n) is 8.52. The van der Waals surface area contributed by atoms with E-state index >= 15 is 0 Å². The average Bonchev–Trinajstić information content (AvgIpc) is 3.64. The zero-order chi connectivity index (χ0) is 37.6. The predicted molar refractivity (Wildman–Crippen MR) is 243 cm³/mol. The lowest BCUT2D eigenvalue weighted by atomic mass is 9.90. The monoisotopic (exact) mass is 733 g/mol. The van der Waals surface area contributed by atoms with Gasteiger partial charge in [0, 0.05) is 42.6 Å². The maximum absolute atomic E-state index is 2.48. The average molecular weight is 734 g/mol. The van der Waals surface area contributed by atoms with Crippen molar-refractivity contribution >= 4 is 59.3 Å². The first-order chi connectivity index (χ1) is 27.6. The number of fused-ring (bicyclic) bond motifs is 4. The summed E-state index contributed by atoms with van der Waals surface area (Å²) in [6.07, 6.45) is 0. The molecule has 9 aromatic carbocycles. The number of hydrogen-bond donors (Lipinski definition) is 0. The van der Waals surface area contributed by atoms with Crippen molar-refractivity contribution < 1.29 is 0 Å². The molecule has 266 valence electrons. The zero-order valence-electron chi connectivity index (χ0n) is 31.4. The summed E-state index contributed by atoms with van der Waals surface area (Å²) in [5, 5.41) is 5.11. The van der Waals surface area contributed by atoms with E-state index in [-0.39, 0.29) is 0 Å². The Hall–Kier alpha value is -6.74. The normalized spacial score (nSPS) is 11.4. The van der Waals surface area contributed by atoms with Crippen molar-refractivity contribution in [3.05, 3.63) is 211 Å². The molecule has 1 aromatic heterocycles. The highest BCUT2D eigenvalue weighted by atomic mass is 32.1. The minimum atomic E-state index is 1.10. The standard InChI is InChI=1S/C54H39NS/c1-36-16-3-5-19-41(36)42-24-14-25-43(37(42)2)46-21-7-10-29-51(46)55(40-34-32-39(33-35-40)45-26-13-18-38-17-4-6-20-44(38)45)52-30-11-8-22-47(52)49-27-15-28-50-48-23-9-12-31-53(48)56-54(49)50/h3-35H,1-2H3. The Bertz CT molecular complexity index is 3050. The van der Waals surface area contributed by atoms with Crippen LogP contribution in [-0.4, -0.2) is 0 Å². The van der Waals surface area contributed by atoms with Crippen LogP contribution >= 0.6 is 11.3 Å². The largest absolute Gasteiger partial charge is 0.309 e. The molecule has 2 heteroatoms. The molecule has 0 unspecified atom stereocenters. The number of thiophene rings is 1. The van der Waals surface area contributed by atoms with E-state index in [1.807, 2.05) is 11.3 Å². The topological polar surface area (TPSA) is 3.24 Å². The third kappa shape index (κ3) is 5.78. The summed E-state index contributed by atoms with van der Waals surface area (Å²) >= 11 is 1.88. The highest BCUT2D eigenvalue weighted by Gasteiger charge is 2.23. The molecular formula is C54H39NS. The van der Waals surface area contributed by atoms with Gasteiger partial charge >= 0.3 is 0 Å². The third-order valence-electron chi connectivity index (χ3n) is 11.3. The summed E-state index contributed by atoms with van der Waals surface area (Å²) in [6, 6.07) is 73.2. The molecular weight excluding hydrogens is 695 g/mol. The van der Waals surface area contributed by atoms with Crippen molar-refractivity contribution in [2.45, 2.75) is 13.8 Å². The van der Waals surface area contributed by atoms with Crippen LogP contribution in [0.3, 0.4) is 0 Å². The predicted octanol–water partition coefficient (Wildman–Crippen LogP) is 16.0. The Kier molecular flexibility index (Phi) is 8.54. The summed E-state index contributed by atoms with van der Waals surface area (Å²) < 4.78 is 2.62. The molecule has 0 bridgehead atoms. The van der Waals surface area contributed by atoms with E-state index in [0.29, 0.717) is 0 Å². The van der Waals surface area contributed by atoms with E-state index in [4.69, 9.17) is 0 Å². The van der Waals surface area contributed by atoms with E-state index in [1.54, 1.807) is 0 Å². The Morgan fingerprint density at radius 3 is 1.62 bits per heavy atom.